The Morgan fingerprint density at radius 3 is 1.95 bits per heavy atom. The van der Waals surface area contributed by atoms with Crippen molar-refractivity contribution in [2.45, 2.75) is 58.0 Å². The summed E-state index contributed by atoms with van der Waals surface area (Å²) in [5.41, 5.74) is 2.75. The minimum absolute atomic E-state index is 0.0896. The first-order chi connectivity index (χ1) is 30.0. The van der Waals surface area contributed by atoms with Crippen molar-refractivity contribution in [1.29, 1.82) is 0 Å². The van der Waals surface area contributed by atoms with Crippen LogP contribution in [0.2, 0.25) is 0 Å². The number of amides is 3. The van der Waals surface area contributed by atoms with Gasteiger partial charge in [0.1, 0.15) is 18.2 Å². The van der Waals surface area contributed by atoms with Crippen LogP contribution in [-0.2, 0) is 54.1 Å². The Bertz CT molecular complexity index is 2020. The van der Waals surface area contributed by atoms with Gasteiger partial charge < -0.3 is 49.5 Å². The number of esters is 1. The van der Waals surface area contributed by atoms with Crippen LogP contribution in [0.3, 0.4) is 0 Å². The lowest BCUT2D eigenvalue weighted by Gasteiger charge is -2.25. The number of nitrogen functional groups attached to an aromatic ring is 1. The quantitative estimate of drug-likeness (QED) is 0.0457. The standard InChI is InChI=1S/C40H53F3N8O12/c1-5-13-57-15-17-59-19-21-61-23-24-62-22-20-60-18-16-58-14-12-45-31(52)11-10-30(36(55)63-39(2,3)4)48-34(53)27-6-8-29(9-7-27)51(37(56)40(41,42)43)26-28-25-46-33-32(47-28)35(54)50-38(44)49-33/h1,6-9,25,30H,10-24,26H2,2-4H3,(H,45,52)(H,48,53)(H3,44,46,49,50,54)/t30-/m1/s1. The number of H-pyrrole nitrogens is 1. The molecule has 0 aliphatic rings. The number of nitrogens with two attached hydrogens (primary N) is 1. The molecule has 20 nitrogen and oxygen atoms in total. The number of anilines is 2. The number of halogens is 3. The maximum Gasteiger partial charge on any atom is 0.471 e. The summed E-state index contributed by atoms with van der Waals surface area (Å²) in [7, 11) is 0. The van der Waals surface area contributed by atoms with Gasteiger partial charge in [-0.05, 0) is 51.5 Å². The molecule has 346 valence electrons. The first-order valence-electron chi connectivity index (χ1n) is 19.7. The van der Waals surface area contributed by atoms with Gasteiger partial charge in [-0.1, -0.05) is 5.92 Å². The van der Waals surface area contributed by atoms with Crippen LogP contribution in [0.15, 0.2) is 35.3 Å². The normalized spacial score (nSPS) is 12.1. The lowest BCUT2D eigenvalue weighted by atomic mass is 10.1. The molecule has 3 aromatic rings. The van der Waals surface area contributed by atoms with E-state index in [0.29, 0.717) is 64.4 Å². The summed E-state index contributed by atoms with van der Waals surface area (Å²) in [5, 5.41) is 5.19. The lowest BCUT2D eigenvalue weighted by molar-refractivity contribution is -0.170. The summed E-state index contributed by atoms with van der Waals surface area (Å²) in [6.07, 6.45) is 0.470. The Hall–Kier alpha value is -5.77. The second-order valence-corrected chi connectivity index (χ2v) is 14.2. The highest BCUT2D eigenvalue weighted by atomic mass is 19.4. The van der Waals surface area contributed by atoms with Crippen molar-refractivity contribution < 1.29 is 65.5 Å². The van der Waals surface area contributed by atoms with Crippen LogP contribution in [0.25, 0.3) is 11.2 Å². The van der Waals surface area contributed by atoms with Crippen LogP contribution in [0.1, 0.15) is 49.7 Å². The van der Waals surface area contributed by atoms with Crippen LogP contribution in [0.4, 0.5) is 24.8 Å². The number of aromatic amines is 1. The summed E-state index contributed by atoms with van der Waals surface area (Å²) >= 11 is 0. The van der Waals surface area contributed by atoms with Crippen molar-refractivity contribution in [2.75, 3.05) is 96.5 Å². The molecule has 0 fully saturated rings. The van der Waals surface area contributed by atoms with Gasteiger partial charge in [0.25, 0.3) is 11.5 Å². The predicted molar refractivity (Wildman–Crippen MR) is 219 cm³/mol. The smallest absolute Gasteiger partial charge is 0.458 e. The molecule has 3 rings (SSSR count). The van der Waals surface area contributed by atoms with Gasteiger partial charge in [-0.3, -0.25) is 29.1 Å². The van der Waals surface area contributed by atoms with E-state index in [1.54, 1.807) is 20.8 Å². The van der Waals surface area contributed by atoms with Crippen LogP contribution in [0, 0.1) is 12.3 Å². The van der Waals surface area contributed by atoms with E-state index < -0.39 is 53.6 Å². The Morgan fingerprint density at radius 2 is 1.41 bits per heavy atom. The lowest BCUT2D eigenvalue weighted by Crippen LogP contribution is -2.45. The van der Waals surface area contributed by atoms with Crippen molar-refractivity contribution in [3.8, 4) is 12.3 Å². The van der Waals surface area contributed by atoms with E-state index >= 15 is 0 Å². The number of hydrogen-bond acceptors (Lipinski definition) is 16. The van der Waals surface area contributed by atoms with Gasteiger partial charge in [0, 0.05) is 24.2 Å². The largest absolute Gasteiger partial charge is 0.471 e. The number of carbonyl (C=O) groups is 4. The molecule has 2 heterocycles. The zero-order valence-corrected chi connectivity index (χ0v) is 35.3. The first kappa shape index (κ1) is 51.6. The number of nitrogens with one attached hydrogen (secondary N) is 3. The third-order valence-corrected chi connectivity index (χ3v) is 8.01. The molecule has 3 amide bonds. The second-order valence-electron chi connectivity index (χ2n) is 14.2. The van der Waals surface area contributed by atoms with E-state index in [-0.39, 0.29) is 73.3 Å². The monoisotopic (exact) mass is 894 g/mol. The van der Waals surface area contributed by atoms with Gasteiger partial charge in [0.05, 0.1) is 91.1 Å². The summed E-state index contributed by atoms with van der Waals surface area (Å²) in [5.74, 6) is -2.21. The Kier molecular flexibility index (Phi) is 21.8. The summed E-state index contributed by atoms with van der Waals surface area (Å²) < 4.78 is 78.7. The highest BCUT2D eigenvalue weighted by Gasteiger charge is 2.43. The number of ether oxygens (including phenoxy) is 7. The number of carbonyl (C=O) groups excluding carboxylic acids is 4. The topological polar surface area (TPSA) is 258 Å². The molecule has 0 saturated carbocycles. The molecule has 63 heavy (non-hydrogen) atoms. The molecule has 0 radical (unpaired) electrons. The SMILES string of the molecule is C#CCOCCOCCOCCOCCOCCOCCNC(=O)CC[C@@H](NC(=O)c1ccc(N(Cc2cnc3nc(N)[nH]c(=O)c3n2)C(=O)C(F)(F)F)cc1)C(=O)OC(C)(C)C. The molecular formula is C40H53F3N8O12. The van der Waals surface area contributed by atoms with Crippen molar-refractivity contribution in [3.05, 3.63) is 52.1 Å². The van der Waals surface area contributed by atoms with E-state index in [4.69, 9.17) is 45.3 Å². The highest BCUT2D eigenvalue weighted by molar-refractivity contribution is 5.99. The van der Waals surface area contributed by atoms with Crippen LogP contribution >= 0.6 is 0 Å². The molecule has 1 atom stereocenters. The van der Waals surface area contributed by atoms with Gasteiger partial charge in [-0.2, -0.15) is 18.2 Å². The molecular weight excluding hydrogens is 841 g/mol. The minimum atomic E-state index is -5.31. The number of nitrogens with zero attached hydrogens (tertiary/aromatic N) is 4. The second kappa shape index (κ2) is 26.6. The van der Waals surface area contributed by atoms with E-state index in [9.17, 15) is 37.1 Å². The molecule has 5 N–H and O–H groups in total. The van der Waals surface area contributed by atoms with Crippen LogP contribution in [-0.4, -0.2) is 147 Å². The van der Waals surface area contributed by atoms with Gasteiger partial charge in [0.15, 0.2) is 11.2 Å². The average Bonchev–Trinajstić information content (AvgIpc) is 3.22. The summed E-state index contributed by atoms with van der Waals surface area (Å²) in [6, 6.07) is 3.17. The number of alkyl halides is 3. The van der Waals surface area contributed by atoms with Crippen LogP contribution in [0.5, 0.6) is 0 Å². The molecule has 23 heteroatoms. The third-order valence-electron chi connectivity index (χ3n) is 8.01. The maximum atomic E-state index is 13.7. The molecule has 0 unspecified atom stereocenters. The van der Waals surface area contributed by atoms with E-state index in [1.165, 1.54) is 0 Å². The van der Waals surface area contributed by atoms with Gasteiger partial charge in [-0.15, -0.1) is 6.42 Å². The average molecular weight is 895 g/mol. The fourth-order valence-corrected chi connectivity index (χ4v) is 5.16. The van der Waals surface area contributed by atoms with E-state index in [0.717, 1.165) is 30.5 Å². The Labute approximate surface area is 361 Å². The van der Waals surface area contributed by atoms with Gasteiger partial charge in [0.2, 0.25) is 11.9 Å². The third kappa shape index (κ3) is 19.9. The Balaban J connectivity index is 1.43. The predicted octanol–water partition coefficient (Wildman–Crippen LogP) is 1.46. The fourth-order valence-electron chi connectivity index (χ4n) is 5.16. The van der Waals surface area contributed by atoms with Crippen LogP contribution < -0.4 is 26.8 Å². The van der Waals surface area contributed by atoms with Gasteiger partial charge in [-0.25, -0.2) is 14.8 Å². The van der Waals surface area contributed by atoms with Crippen molar-refractivity contribution >= 4 is 46.5 Å². The zero-order chi connectivity index (χ0) is 46.3. The highest BCUT2D eigenvalue weighted by Crippen LogP contribution is 2.26. The first-order valence-corrected chi connectivity index (χ1v) is 19.7. The number of hydrogen-bond donors (Lipinski definition) is 4. The van der Waals surface area contributed by atoms with Crippen molar-refractivity contribution in [3.63, 3.8) is 0 Å². The molecule has 0 bridgehead atoms. The Morgan fingerprint density at radius 1 is 0.857 bits per heavy atom. The molecule has 0 aliphatic carbocycles. The number of benzene rings is 1. The number of fused-ring (bicyclic) bond motifs is 1. The molecule has 2 aromatic heterocycles. The zero-order valence-electron chi connectivity index (χ0n) is 35.3. The molecule has 0 saturated heterocycles. The number of aromatic nitrogens is 4. The molecule has 1 aromatic carbocycles. The summed E-state index contributed by atoms with van der Waals surface area (Å²) in [6.45, 7) is 8.54. The number of rotatable bonds is 28. The number of terminal acetylenes is 1. The molecule has 0 aliphatic heterocycles. The van der Waals surface area contributed by atoms with Gasteiger partial charge >= 0.3 is 18.1 Å². The van der Waals surface area contributed by atoms with E-state index in [2.05, 4.69) is 36.5 Å². The van der Waals surface area contributed by atoms with Crippen molar-refractivity contribution in [1.82, 2.24) is 30.6 Å². The summed E-state index contributed by atoms with van der Waals surface area (Å²) in [4.78, 5) is 78.1. The maximum absolute atomic E-state index is 13.7. The fraction of sp³-hybridized carbons (Fsp3) is 0.550. The van der Waals surface area contributed by atoms with E-state index in [1.807, 2.05) is 0 Å². The minimum Gasteiger partial charge on any atom is -0.458 e. The molecule has 0 spiro atoms. The van der Waals surface area contributed by atoms with Crippen molar-refractivity contribution in [2.24, 2.45) is 0 Å².